The minimum absolute atomic E-state index is 0.0177. The van der Waals surface area contributed by atoms with Gasteiger partial charge in [0.15, 0.2) is 17.8 Å². The van der Waals surface area contributed by atoms with Crippen LogP contribution in [0, 0.1) is 0 Å². The summed E-state index contributed by atoms with van der Waals surface area (Å²) in [6.45, 7) is 0.947. The number of hydrogen-bond donors (Lipinski definition) is 2. The van der Waals surface area contributed by atoms with Crippen molar-refractivity contribution in [3.8, 4) is 11.5 Å². The maximum absolute atomic E-state index is 11.8. The van der Waals surface area contributed by atoms with E-state index in [9.17, 15) is 18.7 Å². The number of phenols is 1. The molecule has 0 aromatic heterocycles. The molecule has 0 aliphatic rings. The maximum atomic E-state index is 11.8. The third kappa shape index (κ3) is 3.38. The molecular weight excluding hydrogens is 220 g/mol. The summed E-state index contributed by atoms with van der Waals surface area (Å²) in [5.74, 6) is -1.11. The number of nitrogen functional groups attached to an aromatic ring is 1. The fraction of sp³-hybridized carbons (Fsp3) is 0.300. The van der Waals surface area contributed by atoms with Gasteiger partial charge in [-0.05, 0) is 12.1 Å². The molecule has 16 heavy (non-hydrogen) atoms. The molecule has 0 spiro atoms. The van der Waals surface area contributed by atoms with Crippen molar-refractivity contribution in [3.05, 3.63) is 17.7 Å². The number of carbonyl (C=O) groups is 1. The van der Waals surface area contributed by atoms with E-state index in [2.05, 4.69) is 4.74 Å². The Morgan fingerprint density at radius 1 is 1.44 bits per heavy atom. The Labute approximate surface area is 91.6 Å². The third-order valence-electron chi connectivity index (χ3n) is 1.56. The molecule has 6 heteroatoms. The highest BCUT2D eigenvalue weighted by molar-refractivity contribution is 5.86. The van der Waals surface area contributed by atoms with E-state index in [0.717, 1.165) is 6.07 Å². The van der Waals surface area contributed by atoms with Crippen LogP contribution in [0.3, 0.4) is 0 Å². The Morgan fingerprint density at radius 3 is 2.44 bits per heavy atom. The summed E-state index contributed by atoms with van der Waals surface area (Å²) in [4.78, 5) is 10.3. The van der Waals surface area contributed by atoms with E-state index in [1.54, 1.807) is 0 Å². The number of hydrogen-bond acceptors (Lipinski definition) is 4. The van der Waals surface area contributed by atoms with Crippen molar-refractivity contribution in [2.75, 3.05) is 5.73 Å². The highest BCUT2D eigenvalue weighted by atomic mass is 19.3. The van der Waals surface area contributed by atoms with Crippen LogP contribution in [-0.2, 0) is 0 Å². The molecule has 1 aromatic carbocycles. The molecule has 0 fully saturated rings. The zero-order valence-corrected chi connectivity index (χ0v) is 8.91. The normalized spacial score (nSPS) is 9.31. The Balaban J connectivity index is 0.00000106. The van der Waals surface area contributed by atoms with Crippen molar-refractivity contribution in [2.24, 2.45) is 0 Å². The lowest BCUT2D eigenvalue weighted by Gasteiger charge is -2.09. The van der Waals surface area contributed by atoms with Crippen molar-refractivity contribution >= 4 is 12.0 Å². The van der Waals surface area contributed by atoms with Crippen molar-refractivity contribution in [2.45, 2.75) is 20.5 Å². The molecule has 0 aliphatic heterocycles. The molecule has 4 nitrogen and oxygen atoms in total. The minimum Gasteiger partial charge on any atom is -0.503 e. The third-order valence-corrected chi connectivity index (χ3v) is 1.56. The van der Waals surface area contributed by atoms with Gasteiger partial charge in [-0.15, -0.1) is 0 Å². The number of phenolic OH excluding ortho intramolecular Hbond substituents is 1. The van der Waals surface area contributed by atoms with Crippen LogP contribution >= 0.6 is 0 Å². The average molecular weight is 233 g/mol. The Morgan fingerprint density at radius 2 is 2.00 bits per heavy atom. The second kappa shape index (κ2) is 6.60. The summed E-state index contributed by atoms with van der Waals surface area (Å²) in [7, 11) is 0. The molecule has 0 atom stereocenters. The van der Waals surface area contributed by atoms with Gasteiger partial charge in [0.25, 0.3) is 0 Å². The molecule has 0 saturated heterocycles. The van der Waals surface area contributed by atoms with Crippen molar-refractivity contribution < 1.29 is 23.4 Å². The summed E-state index contributed by atoms with van der Waals surface area (Å²) in [6, 6.07) is 2.22. The van der Waals surface area contributed by atoms with Crippen LogP contribution in [0.15, 0.2) is 12.1 Å². The number of rotatable bonds is 3. The summed E-state index contributed by atoms with van der Waals surface area (Å²) >= 11 is 0. The van der Waals surface area contributed by atoms with Crippen molar-refractivity contribution in [1.82, 2.24) is 0 Å². The van der Waals surface area contributed by atoms with Crippen LogP contribution in [0.25, 0.3) is 0 Å². The van der Waals surface area contributed by atoms with E-state index in [4.69, 9.17) is 5.73 Å². The number of nitrogens with two attached hydrogens (primary N) is 1. The Bertz CT molecular complexity index is 356. The van der Waals surface area contributed by atoms with E-state index in [1.165, 1.54) is 6.07 Å². The van der Waals surface area contributed by atoms with Gasteiger partial charge >= 0.3 is 6.61 Å². The van der Waals surface area contributed by atoms with Gasteiger partial charge in [-0.2, -0.15) is 8.78 Å². The van der Waals surface area contributed by atoms with Crippen LogP contribution in [0.5, 0.6) is 11.5 Å². The van der Waals surface area contributed by atoms with Gasteiger partial charge in [0.1, 0.15) is 0 Å². The Kier molecular flexibility index (Phi) is 5.84. The lowest BCUT2D eigenvalue weighted by molar-refractivity contribution is -0.0511. The molecule has 0 aliphatic carbocycles. The standard InChI is InChI=1S/C8H7F2NO3.C2H6/c9-8(10)14-5-2-1-4(3-12)6(11)7(5)13;1-2/h1-3,8,13H,11H2;1-2H3. The smallest absolute Gasteiger partial charge is 0.387 e. The average Bonchev–Trinajstić information content (AvgIpc) is 2.27. The number of anilines is 1. The van der Waals surface area contributed by atoms with Crippen LogP contribution in [0.1, 0.15) is 24.2 Å². The number of carbonyl (C=O) groups excluding carboxylic acids is 1. The molecule has 3 N–H and O–H groups in total. The van der Waals surface area contributed by atoms with Crippen LogP contribution in [0.4, 0.5) is 14.5 Å². The topological polar surface area (TPSA) is 72.6 Å². The van der Waals surface area contributed by atoms with Crippen LogP contribution in [-0.4, -0.2) is 18.0 Å². The van der Waals surface area contributed by atoms with E-state index < -0.39 is 18.1 Å². The monoisotopic (exact) mass is 233 g/mol. The number of aldehydes is 1. The van der Waals surface area contributed by atoms with Gasteiger partial charge in [-0.25, -0.2) is 0 Å². The first-order chi connectivity index (χ1) is 7.56. The zero-order chi connectivity index (χ0) is 12.7. The Hall–Kier alpha value is -1.85. The first kappa shape index (κ1) is 14.2. The lowest BCUT2D eigenvalue weighted by Crippen LogP contribution is -2.03. The van der Waals surface area contributed by atoms with Gasteiger partial charge < -0.3 is 15.6 Å². The molecule has 0 saturated carbocycles. The molecule has 0 unspecified atom stereocenters. The van der Waals surface area contributed by atoms with Gasteiger partial charge in [-0.1, -0.05) is 13.8 Å². The summed E-state index contributed by atoms with van der Waals surface area (Å²) < 4.78 is 27.5. The molecule has 0 bridgehead atoms. The maximum Gasteiger partial charge on any atom is 0.387 e. The molecule has 0 heterocycles. The van der Waals surface area contributed by atoms with Crippen molar-refractivity contribution in [1.29, 1.82) is 0 Å². The van der Waals surface area contributed by atoms with Crippen molar-refractivity contribution in [3.63, 3.8) is 0 Å². The predicted molar refractivity (Wildman–Crippen MR) is 55.9 cm³/mol. The first-order valence-electron chi connectivity index (χ1n) is 4.57. The molecule has 0 amide bonds. The van der Waals surface area contributed by atoms with Gasteiger partial charge in [0, 0.05) is 5.56 Å². The molecule has 1 rings (SSSR count). The van der Waals surface area contributed by atoms with E-state index in [0.29, 0.717) is 6.29 Å². The second-order valence-corrected chi connectivity index (χ2v) is 2.41. The summed E-state index contributed by atoms with van der Waals surface area (Å²) in [5, 5.41) is 9.22. The number of ether oxygens (including phenoxy) is 1. The lowest BCUT2D eigenvalue weighted by atomic mass is 10.2. The molecular formula is C10H13F2NO3. The minimum atomic E-state index is -3.05. The van der Waals surface area contributed by atoms with E-state index in [1.807, 2.05) is 13.8 Å². The largest absolute Gasteiger partial charge is 0.503 e. The SMILES string of the molecule is CC.Nc1c(C=O)ccc(OC(F)F)c1O. The van der Waals surface area contributed by atoms with Crippen LogP contribution < -0.4 is 10.5 Å². The number of aromatic hydroxyl groups is 1. The van der Waals surface area contributed by atoms with E-state index in [-0.39, 0.29) is 11.3 Å². The number of alkyl halides is 2. The van der Waals surface area contributed by atoms with Gasteiger partial charge in [0.05, 0.1) is 5.69 Å². The van der Waals surface area contributed by atoms with E-state index >= 15 is 0 Å². The van der Waals surface area contributed by atoms with Crippen LogP contribution in [0.2, 0.25) is 0 Å². The first-order valence-corrected chi connectivity index (χ1v) is 4.57. The highest BCUT2D eigenvalue weighted by Gasteiger charge is 2.13. The molecule has 1 aromatic rings. The predicted octanol–water partition coefficient (Wildman–Crippen LogP) is 2.41. The second-order valence-electron chi connectivity index (χ2n) is 2.41. The quantitative estimate of drug-likeness (QED) is 0.477. The number of benzene rings is 1. The summed E-state index contributed by atoms with van der Waals surface area (Å²) in [6.07, 6.45) is 0.404. The van der Waals surface area contributed by atoms with Gasteiger partial charge in [0.2, 0.25) is 0 Å². The fourth-order valence-corrected chi connectivity index (χ4v) is 0.897. The molecule has 90 valence electrons. The fourth-order valence-electron chi connectivity index (χ4n) is 0.897. The zero-order valence-electron chi connectivity index (χ0n) is 8.91. The summed E-state index contributed by atoms with van der Waals surface area (Å²) in [5.41, 5.74) is 5.00. The molecule has 0 radical (unpaired) electrons. The van der Waals surface area contributed by atoms with Gasteiger partial charge in [-0.3, -0.25) is 4.79 Å². The number of halogens is 2. The highest BCUT2D eigenvalue weighted by Crippen LogP contribution is 2.34.